The van der Waals surface area contributed by atoms with Crippen LogP contribution in [0.25, 0.3) is 0 Å². The summed E-state index contributed by atoms with van der Waals surface area (Å²) in [4.78, 5) is 9.86. The van der Waals surface area contributed by atoms with Gasteiger partial charge in [-0.05, 0) is 18.1 Å². The van der Waals surface area contributed by atoms with Gasteiger partial charge in [0.1, 0.15) is 0 Å². The molecule has 0 heterocycles. The van der Waals surface area contributed by atoms with E-state index in [-0.39, 0.29) is 18.4 Å². The van der Waals surface area contributed by atoms with Gasteiger partial charge in [-0.2, -0.15) is 4.39 Å². The zero-order chi connectivity index (χ0) is 12.8. The van der Waals surface area contributed by atoms with E-state index < -0.39 is 16.4 Å². The minimum atomic E-state index is -0.820. The number of nitrogens with zero attached hydrogens (tertiary/aromatic N) is 1. The van der Waals surface area contributed by atoms with Crippen LogP contribution < -0.4 is 5.73 Å². The second kappa shape index (κ2) is 8.00. The van der Waals surface area contributed by atoms with Crippen molar-refractivity contribution in [3.63, 3.8) is 0 Å². The van der Waals surface area contributed by atoms with Crippen molar-refractivity contribution < 1.29 is 9.31 Å². The first-order valence-corrected chi connectivity index (χ1v) is 5.75. The highest BCUT2D eigenvalue weighted by Gasteiger charge is 2.16. The molecule has 102 valence electrons. The number of rotatable bonds is 6. The fourth-order valence-corrected chi connectivity index (χ4v) is 1.68. The van der Waals surface area contributed by atoms with Crippen LogP contribution in [0.2, 0.25) is 0 Å². The summed E-state index contributed by atoms with van der Waals surface area (Å²) in [5.41, 5.74) is 6.02. The second-order valence-corrected chi connectivity index (χ2v) is 4.07. The maximum atomic E-state index is 13.1. The topological polar surface area (TPSA) is 69.2 Å². The molecule has 0 aliphatic rings. The van der Waals surface area contributed by atoms with Crippen LogP contribution >= 0.6 is 12.4 Å². The van der Waals surface area contributed by atoms with E-state index in [1.165, 1.54) is 12.1 Å². The Morgan fingerprint density at radius 3 is 2.67 bits per heavy atom. The largest absolute Gasteiger partial charge is 0.324 e. The molecule has 0 aromatic heterocycles. The Bertz CT molecular complexity index is 402. The molecule has 0 saturated heterocycles. The maximum Gasteiger partial charge on any atom is 0.305 e. The van der Waals surface area contributed by atoms with Gasteiger partial charge in [-0.3, -0.25) is 10.1 Å². The first-order chi connectivity index (χ1) is 8.06. The molecule has 1 rings (SSSR count). The molecule has 6 heteroatoms. The summed E-state index contributed by atoms with van der Waals surface area (Å²) in [5.74, 6) is -0.820. The van der Waals surface area contributed by atoms with Crippen LogP contribution in [0.15, 0.2) is 18.2 Å². The van der Waals surface area contributed by atoms with Crippen LogP contribution in [-0.4, -0.2) is 4.92 Å². The highest BCUT2D eigenvalue weighted by molar-refractivity contribution is 5.85. The number of benzene rings is 1. The molecule has 0 fully saturated rings. The van der Waals surface area contributed by atoms with Gasteiger partial charge in [-0.1, -0.05) is 32.3 Å². The smallest absolute Gasteiger partial charge is 0.305 e. The van der Waals surface area contributed by atoms with Crippen molar-refractivity contribution in [1.82, 2.24) is 0 Å². The maximum absolute atomic E-state index is 13.1. The second-order valence-electron chi connectivity index (χ2n) is 4.07. The molecule has 0 spiro atoms. The zero-order valence-corrected chi connectivity index (χ0v) is 11.1. The number of unbranched alkanes of at least 4 members (excludes halogenated alkanes) is 2. The Kier molecular flexibility index (Phi) is 7.47. The monoisotopic (exact) mass is 276 g/mol. The van der Waals surface area contributed by atoms with Crippen molar-refractivity contribution in [2.75, 3.05) is 0 Å². The molecular weight excluding hydrogens is 259 g/mol. The summed E-state index contributed by atoms with van der Waals surface area (Å²) in [6.07, 6.45) is 3.91. The summed E-state index contributed by atoms with van der Waals surface area (Å²) in [5, 5.41) is 10.6. The normalized spacial score (nSPS) is 11.7. The average molecular weight is 277 g/mol. The van der Waals surface area contributed by atoms with Crippen molar-refractivity contribution >= 4 is 18.1 Å². The molecule has 0 unspecified atom stereocenters. The van der Waals surface area contributed by atoms with Crippen LogP contribution in [0.5, 0.6) is 0 Å². The lowest BCUT2D eigenvalue weighted by Crippen LogP contribution is -2.10. The van der Waals surface area contributed by atoms with Gasteiger partial charge in [-0.15, -0.1) is 12.4 Å². The van der Waals surface area contributed by atoms with Crippen molar-refractivity contribution in [2.45, 2.75) is 38.6 Å². The van der Waals surface area contributed by atoms with Gasteiger partial charge in [0.2, 0.25) is 5.82 Å². The van der Waals surface area contributed by atoms with Gasteiger partial charge in [0.15, 0.2) is 0 Å². The van der Waals surface area contributed by atoms with Crippen LogP contribution in [0.3, 0.4) is 0 Å². The SMILES string of the molecule is CCCCC[C@@H](N)c1ccc(F)c([N+](=O)[O-])c1.Cl. The van der Waals surface area contributed by atoms with Crippen molar-refractivity contribution in [1.29, 1.82) is 0 Å². The van der Waals surface area contributed by atoms with E-state index in [1.54, 1.807) is 0 Å². The molecule has 1 aromatic rings. The molecule has 0 amide bonds. The van der Waals surface area contributed by atoms with Gasteiger partial charge in [0.05, 0.1) is 4.92 Å². The third kappa shape index (κ3) is 4.58. The molecule has 0 aliphatic heterocycles. The van der Waals surface area contributed by atoms with Gasteiger partial charge in [0, 0.05) is 12.1 Å². The third-order valence-electron chi connectivity index (χ3n) is 2.71. The van der Waals surface area contributed by atoms with Gasteiger partial charge < -0.3 is 5.73 Å². The van der Waals surface area contributed by atoms with Crippen LogP contribution in [0.1, 0.15) is 44.2 Å². The van der Waals surface area contributed by atoms with Gasteiger partial charge in [-0.25, -0.2) is 0 Å². The molecular formula is C12H18ClFN2O2. The van der Waals surface area contributed by atoms with Crippen molar-refractivity contribution in [3.05, 3.63) is 39.7 Å². The van der Waals surface area contributed by atoms with Gasteiger partial charge in [0.25, 0.3) is 0 Å². The van der Waals surface area contributed by atoms with E-state index in [0.717, 1.165) is 31.7 Å². The Morgan fingerprint density at radius 2 is 2.11 bits per heavy atom. The molecule has 0 saturated carbocycles. The summed E-state index contributed by atoms with van der Waals surface area (Å²) < 4.78 is 13.1. The highest BCUT2D eigenvalue weighted by Crippen LogP contribution is 2.24. The van der Waals surface area contributed by atoms with E-state index >= 15 is 0 Å². The summed E-state index contributed by atoms with van der Waals surface area (Å²) in [6, 6.07) is 3.58. The molecule has 1 atom stereocenters. The molecule has 1 aromatic carbocycles. The van der Waals surface area contributed by atoms with Crippen molar-refractivity contribution in [3.8, 4) is 0 Å². The van der Waals surface area contributed by atoms with Crippen molar-refractivity contribution in [2.24, 2.45) is 5.73 Å². The van der Waals surface area contributed by atoms with E-state index in [0.29, 0.717) is 5.56 Å². The highest BCUT2D eigenvalue weighted by atomic mass is 35.5. The lowest BCUT2D eigenvalue weighted by molar-refractivity contribution is -0.387. The van der Waals surface area contributed by atoms with E-state index in [4.69, 9.17) is 5.73 Å². The number of hydrogen-bond acceptors (Lipinski definition) is 3. The molecule has 18 heavy (non-hydrogen) atoms. The van der Waals surface area contributed by atoms with Crippen LogP contribution in [0, 0.1) is 15.9 Å². The van der Waals surface area contributed by atoms with Gasteiger partial charge >= 0.3 is 5.69 Å². The zero-order valence-electron chi connectivity index (χ0n) is 10.3. The number of hydrogen-bond donors (Lipinski definition) is 1. The number of nitrogens with two attached hydrogens (primary N) is 1. The first kappa shape index (κ1) is 16.8. The lowest BCUT2D eigenvalue weighted by Gasteiger charge is -2.11. The lowest BCUT2D eigenvalue weighted by atomic mass is 10.0. The molecule has 2 N–H and O–H groups in total. The summed E-state index contributed by atoms with van der Waals surface area (Å²) in [7, 11) is 0. The van der Waals surface area contributed by atoms with Crippen LogP contribution in [0.4, 0.5) is 10.1 Å². The quantitative estimate of drug-likeness (QED) is 0.489. The Balaban J connectivity index is 0.00000289. The number of nitro benzene ring substituents is 1. The summed E-state index contributed by atoms with van der Waals surface area (Å²) in [6.45, 7) is 2.09. The van der Waals surface area contributed by atoms with Crippen LogP contribution in [-0.2, 0) is 0 Å². The minimum Gasteiger partial charge on any atom is -0.324 e. The Hall–Kier alpha value is -1.20. The molecule has 0 radical (unpaired) electrons. The van der Waals surface area contributed by atoms with E-state index in [9.17, 15) is 14.5 Å². The van der Waals surface area contributed by atoms with E-state index in [1.807, 2.05) is 0 Å². The fourth-order valence-electron chi connectivity index (χ4n) is 1.68. The Morgan fingerprint density at radius 1 is 1.44 bits per heavy atom. The molecule has 0 aliphatic carbocycles. The Labute approximate surface area is 112 Å². The first-order valence-electron chi connectivity index (χ1n) is 5.75. The number of halogens is 2. The molecule has 0 bridgehead atoms. The molecule has 4 nitrogen and oxygen atoms in total. The van der Waals surface area contributed by atoms with E-state index in [2.05, 4.69) is 6.92 Å². The standard InChI is InChI=1S/C12H17FN2O2.ClH/c1-2-3-4-5-11(14)9-6-7-10(13)12(8-9)15(16)17;/h6-8,11H,2-5,14H2,1H3;1H/t11-;/m1./s1. The third-order valence-corrected chi connectivity index (χ3v) is 2.71. The average Bonchev–Trinajstić information content (AvgIpc) is 2.29. The predicted octanol–water partition coefficient (Wildman–Crippen LogP) is 3.74. The minimum absolute atomic E-state index is 0. The summed E-state index contributed by atoms with van der Waals surface area (Å²) >= 11 is 0. The predicted molar refractivity (Wildman–Crippen MR) is 71.4 cm³/mol. The number of nitro groups is 1. The fraction of sp³-hybridized carbons (Fsp3) is 0.500.